The Morgan fingerprint density at radius 2 is 1.54 bits per heavy atom. The van der Waals surface area contributed by atoms with Crippen molar-refractivity contribution in [2.45, 2.75) is 63.8 Å². The number of amides is 3. The van der Waals surface area contributed by atoms with Crippen molar-refractivity contribution in [1.82, 2.24) is 15.5 Å². The van der Waals surface area contributed by atoms with Gasteiger partial charge in [0.25, 0.3) is 0 Å². The van der Waals surface area contributed by atoms with Crippen molar-refractivity contribution < 1.29 is 14.4 Å². The highest BCUT2D eigenvalue weighted by atomic mass is 16.2. The number of piperidine rings is 1. The SMILES string of the molecule is NC(=O)CN1CCC(NC(=O)CCNC(=O)C23CC4CC(CC(C4)C2)C3)CC1. The van der Waals surface area contributed by atoms with Crippen molar-refractivity contribution in [1.29, 1.82) is 0 Å². The quantitative estimate of drug-likeness (QED) is 0.597. The predicted octanol–water partition coefficient (Wildman–Crippen LogP) is 0.775. The number of carbonyl (C=O) groups is 3. The molecule has 4 N–H and O–H groups in total. The van der Waals surface area contributed by atoms with Gasteiger partial charge in [-0.05, 0) is 69.1 Å². The van der Waals surface area contributed by atoms with Crippen LogP contribution in [0.3, 0.4) is 0 Å². The fraction of sp³-hybridized carbons (Fsp3) is 0.857. The maximum atomic E-state index is 12.9. The maximum Gasteiger partial charge on any atom is 0.231 e. The van der Waals surface area contributed by atoms with E-state index in [1.54, 1.807) is 0 Å². The minimum atomic E-state index is -0.308. The molecule has 5 fully saturated rings. The fourth-order valence-electron chi connectivity index (χ4n) is 6.62. The molecule has 4 aliphatic carbocycles. The number of hydrogen-bond donors (Lipinski definition) is 3. The van der Waals surface area contributed by atoms with E-state index in [1.165, 1.54) is 19.3 Å². The number of carbonyl (C=O) groups excluding carboxylic acids is 3. The minimum absolute atomic E-state index is 0.000775. The van der Waals surface area contributed by atoms with Gasteiger partial charge in [-0.25, -0.2) is 0 Å². The fourth-order valence-corrected chi connectivity index (χ4v) is 6.62. The van der Waals surface area contributed by atoms with Crippen molar-refractivity contribution in [3.63, 3.8) is 0 Å². The van der Waals surface area contributed by atoms with Crippen LogP contribution in [-0.4, -0.2) is 54.8 Å². The van der Waals surface area contributed by atoms with Gasteiger partial charge in [0.05, 0.1) is 6.54 Å². The third kappa shape index (κ3) is 4.34. The zero-order chi connectivity index (χ0) is 19.7. The lowest BCUT2D eigenvalue weighted by molar-refractivity contribution is -0.146. The molecule has 7 heteroatoms. The molecule has 7 nitrogen and oxygen atoms in total. The highest BCUT2D eigenvalue weighted by Gasteiger charge is 2.54. The van der Waals surface area contributed by atoms with Gasteiger partial charge in [0, 0.05) is 37.5 Å². The van der Waals surface area contributed by atoms with Crippen molar-refractivity contribution in [3.05, 3.63) is 0 Å². The summed E-state index contributed by atoms with van der Waals surface area (Å²) in [7, 11) is 0. The summed E-state index contributed by atoms with van der Waals surface area (Å²) in [6, 6.07) is 0.149. The number of hydrogen-bond acceptors (Lipinski definition) is 4. The lowest BCUT2D eigenvalue weighted by Gasteiger charge is -2.55. The molecule has 0 unspecified atom stereocenters. The molecular formula is C21H34N4O3. The molecule has 28 heavy (non-hydrogen) atoms. The van der Waals surface area contributed by atoms with E-state index < -0.39 is 0 Å². The molecule has 1 aliphatic heterocycles. The number of nitrogens with zero attached hydrogens (tertiary/aromatic N) is 1. The highest BCUT2D eigenvalue weighted by Crippen LogP contribution is 2.60. The Bertz CT molecular complexity index is 592. The summed E-state index contributed by atoms with van der Waals surface area (Å²) in [5, 5.41) is 6.15. The van der Waals surface area contributed by atoms with Crippen LogP contribution in [0.15, 0.2) is 0 Å². The summed E-state index contributed by atoms with van der Waals surface area (Å²) >= 11 is 0. The van der Waals surface area contributed by atoms with Gasteiger partial charge in [-0.3, -0.25) is 19.3 Å². The first-order valence-corrected chi connectivity index (χ1v) is 11.0. The molecule has 5 rings (SSSR count). The molecule has 0 atom stereocenters. The number of primary amides is 1. The minimum Gasteiger partial charge on any atom is -0.369 e. The third-order valence-electron chi connectivity index (χ3n) is 7.49. The topological polar surface area (TPSA) is 105 Å². The largest absolute Gasteiger partial charge is 0.369 e. The van der Waals surface area contributed by atoms with Gasteiger partial charge in [-0.15, -0.1) is 0 Å². The number of rotatable bonds is 7. The van der Waals surface area contributed by atoms with Crippen molar-refractivity contribution in [2.24, 2.45) is 28.9 Å². The number of nitrogens with one attached hydrogen (secondary N) is 2. The molecule has 1 saturated heterocycles. The molecule has 156 valence electrons. The van der Waals surface area contributed by atoms with E-state index in [1.807, 2.05) is 4.90 Å². The van der Waals surface area contributed by atoms with Gasteiger partial charge in [0.15, 0.2) is 0 Å². The van der Waals surface area contributed by atoms with Crippen LogP contribution in [-0.2, 0) is 14.4 Å². The van der Waals surface area contributed by atoms with Crippen molar-refractivity contribution in [2.75, 3.05) is 26.2 Å². The predicted molar refractivity (Wildman–Crippen MR) is 105 cm³/mol. The molecule has 0 aromatic rings. The van der Waals surface area contributed by atoms with Crippen molar-refractivity contribution >= 4 is 17.7 Å². The van der Waals surface area contributed by atoms with E-state index in [-0.39, 0.29) is 35.7 Å². The molecule has 0 aromatic heterocycles. The highest BCUT2D eigenvalue weighted by molar-refractivity contribution is 5.84. The monoisotopic (exact) mass is 390 g/mol. The molecule has 3 amide bonds. The van der Waals surface area contributed by atoms with E-state index in [4.69, 9.17) is 5.73 Å². The summed E-state index contributed by atoms with van der Waals surface area (Å²) < 4.78 is 0. The second-order valence-corrected chi connectivity index (χ2v) is 9.79. The van der Waals surface area contributed by atoms with Gasteiger partial charge in [0.2, 0.25) is 17.7 Å². The maximum absolute atomic E-state index is 12.9. The van der Waals surface area contributed by atoms with Crippen LogP contribution in [0.25, 0.3) is 0 Å². The van der Waals surface area contributed by atoms with E-state index in [2.05, 4.69) is 10.6 Å². The lowest BCUT2D eigenvalue weighted by atomic mass is 9.49. The average molecular weight is 391 g/mol. The first-order valence-electron chi connectivity index (χ1n) is 11.0. The second kappa shape index (κ2) is 8.01. The first kappa shape index (κ1) is 19.7. The van der Waals surface area contributed by atoms with Gasteiger partial charge < -0.3 is 16.4 Å². The van der Waals surface area contributed by atoms with Gasteiger partial charge >= 0.3 is 0 Å². The van der Waals surface area contributed by atoms with E-state index >= 15 is 0 Å². The van der Waals surface area contributed by atoms with Crippen LogP contribution in [0.4, 0.5) is 0 Å². The van der Waals surface area contributed by atoms with E-state index in [9.17, 15) is 14.4 Å². The molecule has 5 aliphatic rings. The summed E-state index contributed by atoms with van der Waals surface area (Å²) in [6.45, 7) is 2.26. The first-order chi connectivity index (χ1) is 13.4. The summed E-state index contributed by atoms with van der Waals surface area (Å²) in [5.41, 5.74) is 5.09. The van der Waals surface area contributed by atoms with Crippen LogP contribution >= 0.6 is 0 Å². The standard InChI is InChI=1S/C21H34N4O3/c22-18(26)13-25-5-2-17(3-6-25)24-19(27)1-4-23-20(28)21-10-14-7-15(11-21)9-16(8-14)12-21/h14-17H,1-13H2,(H2,22,26)(H,23,28)(H,24,27). The Morgan fingerprint density at radius 3 is 2.07 bits per heavy atom. The summed E-state index contributed by atoms with van der Waals surface area (Å²) in [6.07, 6.45) is 9.15. The zero-order valence-electron chi connectivity index (χ0n) is 16.8. The van der Waals surface area contributed by atoms with Crippen LogP contribution in [0.5, 0.6) is 0 Å². The Kier molecular flexibility index (Phi) is 5.63. The van der Waals surface area contributed by atoms with Gasteiger partial charge in [-0.2, -0.15) is 0 Å². The molecular weight excluding hydrogens is 356 g/mol. The normalized spacial score (nSPS) is 34.9. The van der Waals surface area contributed by atoms with E-state index in [0.29, 0.717) is 13.0 Å². The molecule has 4 bridgehead atoms. The zero-order valence-corrected chi connectivity index (χ0v) is 16.8. The molecule has 1 heterocycles. The molecule has 4 saturated carbocycles. The Labute approximate surface area is 167 Å². The number of nitrogens with two attached hydrogens (primary N) is 1. The summed E-state index contributed by atoms with van der Waals surface area (Å²) in [5.74, 6) is 2.14. The molecule has 0 aromatic carbocycles. The summed E-state index contributed by atoms with van der Waals surface area (Å²) in [4.78, 5) is 38.2. The Morgan fingerprint density at radius 1 is 0.964 bits per heavy atom. The van der Waals surface area contributed by atoms with Gasteiger partial charge in [0.1, 0.15) is 0 Å². The molecule has 0 spiro atoms. The Hall–Kier alpha value is -1.63. The van der Waals surface area contributed by atoms with E-state index in [0.717, 1.165) is 62.9 Å². The number of likely N-dealkylation sites (tertiary alicyclic amines) is 1. The second-order valence-electron chi connectivity index (χ2n) is 9.79. The van der Waals surface area contributed by atoms with Crippen LogP contribution < -0.4 is 16.4 Å². The smallest absolute Gasteiger partial charge is 0.231 e. The lowest BCUT2D eigenvalue weighted by Crippen LogP contribution is -2.54. The molecule has 0 radical (unpaired) electrons. The van der Waals surface area contributed by atoms with Crippen LogP contribution in [0.1, 0.15) is 57.8 Å². The van der Waals surface area contributed by atoms with Gasteiger partial charge in [-0.1, -0.05) is 0 Å². The third-order valence-corrected chi connectivity index (χ3v) is 7.49. The van der Waals surface area contributed by atoms with Crippen molar-refractivity contribution in [3.8, 4) is 0 Å². The van der Waals surface area contributed by atoms with Crippen LogP contribution in [0, 0.1) is 23.2 Å². The Balaban J connectivity index is 1.16. The van der Waals surface area contributed by atoms with Crippen LogP contribution in [0.2, 0.25) is 0 Å². The average Bonchev–Trinajstić information content (AvgIpc) is 2.61.